The predicted molar refractivity (Wildman–Crippen MR) is 70.4 cm³/mol. The van der Waals surface area contributed by atoms with E-state index in [4.69, 9.17) is 16.0 Å². The molecule has 0 aliphatic heterocycles. The molecule has 0 spiro atoms. The van der Waals surface area contributed by atoms with Crippen molar-refractivity contribution in [2.75, 3.05) is 6.61 Å². The van der Waals surface area contributed by atoms with Gasteiger partial charge in [-0.1, -0.05) is 12.1 Å². The van der Waals surface area contributed by atoms with Gasteiger partial charge in [0.25, 0.3) is 0 Å². The van der Waals surface area contributed by atoms with Crippen molar-refractivity contribution < 1.29 is 9.47 Å². The maximum atomic E-state index is 6.87. The second-order valence-electron chi connectivity index (χ2n) is 3.61. The third-order valence-electron chi connectivity index (χ3n) is 2.34. The number of rotatable bonds is 4. The Labute approximate surface area is 106 Å². The van der Waals surface area contributed by atoms with Crippen LogP contribution in [0.4, 0.5) is 5.69 Å². The van der Waals surface area contributed by atoms with Gasteiger partial charge in [-0.3, -0.25) is 0 Å². The van der Waals surface area contributed by atoms with Crippen LogP contribution < -0.4 is 9.47 Å². The quantitative estimate of drug-likeness (QED) is 0.736. The van der Waals surface area contributed by atoms with Crippen molar-refractivity contribution in [3.63, 3.8) is 0 Å². The Morgan fingerprint density at radius 3 is 1.89 bits per heavy atom. The molecule has 0 aliphatic rings. The lowest BCUT2D eigenvalue weighted by Gasteiger charge is -2.07. The second-order valence-corrected chi connectivity index (χ2v) is 3.61. The van der Waals surface area contributed by atoms with Crippen LogP contribution in [0.2, 0.25) is 0 Å². The smallest absolute Gasteiger partial charge is 0.187 e. The van der Waals surface area contributed by atoms with Crippen LogP contribution in [0.25, 0.3) is 4.85 Å². The number of hydrogen-bond donors (Lipinski definition) is 0. The molecule has 0 bridgehead atoms. The van der Waals surface area contributed by atoms with E-state index in [0.29, 0.717) is 18.0 Å². The van der Waals surface area contributed by atoms with Crippen molar-refractivity contribution in [3.05, 3.63) is 59.9 Å². The maximum Gasteiger partial charge on any atom is 0.187 e. The number of nitrogens with zero attached hydrogens (tertiary/aromatic N) is 1. The number of hydrogen-bond acceptors (Lipinski definition) is 2. The van der Waals surface area contributed by atoms with Gasteiger partial charge >= 0.3 is 0 Å². The molecule has 18 heavy (non-hydrogen) atoms. The van der Waals surface area contributed by atoms with Crippen molar-refractivity contribution in [1.29, 1.82) is 0 Å². The monoisotopic (exact) mass is 239 g/mol. The van der Waals surface area contributed by atoms with Gasteiger partial charge in [0.1, 0.15) is 17.2 Å². The molecular formula is C15H13NO2. The first-order valence-electron chi connectivity index (χ1n) is 5.70. The van der Waals surface area contributed by atoms with E-state index in [1.807, 2.05) is 31.2 Å². The fourth-order valence-electron chi connectivity index (χ4n) is 1.50. The van der Waals surface area contributed by atoms with Crippen molar-refractivity contribution in [2.24, 2.45) is 0 Å². The molecule has 2 aromatic rings. The van der Waals surface area contributed by atoms with E-state index in [1.165, 1.54) is 0 Å². The minimum Gasteiger partial charge on any atom is -0.494 e. The first kappa shape index (κ1) is 12.0. The van der Waals surface area contributed by atoms with Crippen LogP contribution in [0.5, 0.6) is 17.2 Å². The van der Waals surface area contributed by atoms with Gasteiger partial charge in [-0.25, -0.2) is 4.85 Å². The third kappa shape index (κ3) is 3.02. The topological polar surface area (TPSA) is 22.8 Å². The first-order valence-corrected chi connectivity index (χ1v) is 5.70. The highest BCUT2D eigenvalue weighted by molar-refractivity contribution is 5.48. The van der Waals surface area contributed by atoms with Gasteiger partial charge in [-0.2, -0.15) is 0 Å². The van der Waals surface area contributed by atoms with Gasteiger partial charge < -0.3 is 9.47 Å². The van der Waals surface area contributed by atoms with Crippen LogP contribution >= 0.6 is 0 Å². The fraction of sp³-hybridized carbons (Fsp3) is 0.133. The normalized spacial score (nSPS) is 9.56. The second kappa shape index (κ2) is 5.74. The number of benzene rings is 2. The van der Waals surface area contributed by atoms with E-state index in [-0.39, 0.29) is 0 Å². The summed E-state index contributed by atoms with van der Waals surface area (Å²) in [6, 6.07) is 14.5. The molecule has 0 saturated heterocycles. The molecule has 0 atom stereocenters. The Hall–Kier alpha value is -2.47. The van der Waals surface area contributed by atoms with Crippen LogP contribution in [-0.4, -0.2) is 6.61 Å². The van der Waals surface area contributed by atoms with E-state index in [0.717, 1.165) is 11.5 Å². The van der Waals surface area contributed by atoms with Crippen molar-refractivity contribution in [3.8, 4) is 17.2 Å². The Bertz CT molecular complexity index is 538. The highest BCUT2D eigenvalue weighted by Crippen LogP contribution is 2.25. The molecule has 0 fully saturated rings. The Kier molecular flexibility index (Phi) is 3.83. The minimum absolute atomic E-state index is 0.606. The zero-order valence-corrected chi connectivity index (χ0v) is 10.1. The van der Waals surface area contributed by atoms with Gasteiger partial charge in [-0.15, -0.1) is 0 Å². The summed E-state index contributed by atoms with van der Waals surface area (Å²) in [5.74, 6) is 2.29. The molecule has 0 aromatic heterocycles. The summed E-state index contributed by atoms with van der Waals surface area (Å²) in [7, 11) is 0. The highest BCUT2D eigenvalue weighted by atomic mass is 16.5. The van der Waals surface area contributed by atoms with Gasteiger partial charge in [0.15, 0.2) is 5.69 Å². The summed E-state index contributed by atoms with van der Waals surface area (Å²) in [5, 5.41) is 0. The predicted octanol–water partition coefficient (Wildman–Crippen LogP) is 4.43. The number of ether oxygens (including phenoxy) is 2. The summed E-state index contributed by atoms with van der Waals surface area (Å²) in [4.78, 5) is 3.33. The molecule has 2 rings (SSSR count). The van der Waals surface area contributed by atoms with E-state index < -0.39 is 0 Å². The standard InChI is InChI=1S/C15H13NO2/c1-3-17-13-8-10-15(11-9-13)18-14-6-4-12(16-2)5-7-14/h4-11H,3H2,1H3. The van der Waals surface area contributed by atoms with Gasteiger partial charge in [-0.05, 0) is 43.3 Å². The van der Waals surface area contributed by atoms with Crippen LogP contribution in [0.15, 0.2) is 48.5 Å². The lowest BCUT2D eigenvalue weighted by molar-refractivity contribution is 0.339. The average Bonchev–Trinajstić information content (AvgIpc) is 2.42. The molecule has 0 radical (unpaired) electrons. The Morgan fingerprint density at radius 2 is 1.39 bits per heavy atom. The zero-order valence-electron chi connectivity index (χ0n) is 10.1. The van der Waals surface area contributed by atoms with Crippen LogP contribution in [0, 0.1) is 6.57 Å². The molecule has 0 amide bonds. The first-order chi connectivity index (χ1) is 8.81. The highest BCUT2D eigenvalue weighted by Gasteiger charge is 1.98. The Balaban J connectivity index is 2.06. The van der Waals surface area contributed by atoms with Crippen LogP contribution in [-0.2, 0) is 0 Å². The minimum atomic E-state index is 0.606. The van der Waals surface area contributed by atoms with Gasteiger partial charge in [0.05, 0.1) is 13.2 Å². The summed E-state index contributed by atoms with van der Waals surface area (Å²) in [6.07, 6.45) is 0. The maximum absolute atomic E-state index is 6.87. The largest absolute Gasteiger partial charge is 0.494 e. The average molecular weight is 239 g/mol. The van der Waals surface area contributed by atoms with Gasteiger partial charge in [0.2, 0.25) is 0 Å². The van der Waals surface area contributed by atoms with E-state index >= 15 is 0 Å². The van der Waals surface area contributed by atoms with E-state index in [1.54, 1.807) is 24.3 Å². The summed E-state index contributed by atoms with van der Waals surface area (Å²) in [5.41, 5.74) is 0.606. The summed E-state index contributed by atoms with van der Waals surface area (Å²) < 4.78 is 11.0. The van der Waals surface area contributed by atoms with E-state index in [9.17, 15) is 0 Å². The summed E-state index contributed by atoms with van der Waals surface area (Å²) >= 11 is 0. The molecule has 90 valence electrons. The van der Waals surface area contributed by atoms with Crippen LogP contribution in [0.3, 0.4) is 0 Å². The third-order valence-corrected chi connectivity index (χ3v) is 2.34. The molecular weight excluding hydrogens is 226 g/mol. The van der Waals surface area contributed by atoms with Gasteiger partial charge in [0, 0.05) is 0 Å². The molecule has 0 N–H and O–H groups in total. The van der Waals surface area contributed by atoms with Crippen LogP contribution in [0.1, 0.15) is 6.92 Å². The molecule has 0 heterocycles. The van der Waals surface area contributed by atoms with Crippen molar-refractivity contribution in [2.45, 2.75) is 6.92 Å². The fourth-order valence-corrected chi connectivity index (χ4v) is 1.50. The molecule has 0 aliphatic carbocycles. The zero-order chi connectivity index (χ0) is 12.8. The lowest BCUT2D eigenvalue weighted by atomic mass is 10.3. The molecule has 3 nitrogen and oxygen atoms in total. The van der Waals surface area contributed by atoms with Crippen molar-refractivity contribution >= 4 is 5.69 Å². The molecule has 2 aromatic carbocycles. The lowest BCUT2D eigenvalue weighted by Crippen LogP contribution is -1.90. The molecule has 0 saturated carbocycles. The molecule has 3 heteroatoms. The molecule has 0 unspecified atom stereocenters. The SMILES string of the molecule is [C-]#[N+]c1ccc(Oc2ccc(OCC)cc2)cc1. The van der Waals surface area contributed by atoms with E-state index in [2.05, 4.69) is 4.85 Å². The Morgan fingerprint density at radius 1 is 0.889 bits per heavy atom. The summed E-state index contributed by atoms with van der Waals surface area (Å²) in [6.45, 7) is 9.47. The van der Waals surface area contributed by atoms with Crippen molar-refractivity contribution in [1.82, 2.24) is 0 Å².